The van der Waals surface area contributed by atoms with Crippen LogP contribution >= 0.6 is 11.7 Å². The Hall–Kier alpha value is -0.480. The summed E-state index contributed by atoms with van der Waals surface area (Å²) in [5.41, 5.74) is 1.53. The molecule has 2 atom stereocenters. The van der Waals surface area contributed by atoms with Crippen molar-refractivity contribution in [1.29, 1.82) is 0 Å². The third kappa shape index (κ3) is 1.28. The van der Waals surface area contributed by atoms with Crippen molar-refractivity contribution in [3.05, 3.63) is 11.9 Å². The van der Waals surface area contributed by atoms with Crippen molar-refractivity contribution in [3.8, 4) is 0 Å². The lowest BCUT2D eigenvalue weighted by atomic mass is 10.1. The zero-order valence-corrected chi connectivity index (χ0v) is 8.13. The summed E-state index contributed by atoms with van der Waals surface area (Å²) >= 11 is 1.22. The van der Waals surface area contributed by atoms with E-state index in [0.717, 1.165) is 5.69 Å². The van der Waals surface area contributed by atoms with Gasteiger partial charge in [0.1, 0.15) is 0 Å². The molecule has 0 amide bonds. The van der Waals surface area contributed by atoms with Crippen LogP contribution in [0.4, 0.5) is 0 Å². The molecule has 3 nitrogen and oxygen atoms in total. The smallest absolute Gasteiger partial charge is 0.0768 e. The molecule has 0 radical (unpaired) electrons. The van der Waals surface area contributed by atoms with Crippen molar-refractivity contribution in [3.63, 3.8) is 0 Å². The van der Waals surface area contributed by atoms with Gasteiger partial charge in [-0.05, 0) is 30.6 Å². The molecule has 0 bridgehead atoms. The first kappa shape index (κ1) is 7.88. The van der Waals surface area contributed by atoms with Crippen LogP contribution in [-0.4, -0.2) is 20.0 Å². The minimum absolute atomic E-state index is 0.175. The molecular weight excluding hydrogens is 184 g/mol. The second kappa shape index (κ2) is 2.51. The summed E-state index contributed by atoms with van der Waals surface area (Å²) in [5.74, 6) is 0.564. The average molecular weight is 196 g/mol. The summed E-state index contributed by atoms with van der Waals surface area (Å²) in [6.07, 6.45) is 6.20. The Balaban J connectivity index is 1.61. The van der Waals surface area contributed by atoms with Gasteiger partial charge < -0.3 is 5.11 Å². The first-order valence-electron chi connectivity index (χ1n) is 4.75. The van der Waals surface area contributed by atoms with Crippen LogP contribution in [-0.2, 0) is 6.42 Å². The first-order chi connectivity index (χ1) is 6.30. The van der Waals surface area contributed by atoms with Gasteiger partial charge in [-0.1, -0.05) is 0 Å². The fourth-order valence-corrected chi connectivity index (χ4v) is 2.73. The predicted octanol–water partition coefficient (Wildman–Crippen LogP) is 1.24. The standard InChI is InChI=1S/C9H12N2OS/c12-8(3-6-5-10-13-11-6)7-4-9(7)1-2-9/h5,7-8,12H,1-4H2. The lowest BCUT2D eigenvalue weighted by Gasteiger charge is -2.06. The molecule has 1 aromatic heterocycles. The average Bonchev–Trinajstić information content (AvgIpc) is 3.00. The number of rotatable bonds is 3. The molecule has 1 N–H and O–H groups in total. The Bertz CT molecular complexity index is 307. The lowest BCUT2D eigenvalue weighted by Crippen LogP contribution is -2.14. The molecule has 2 fully saturated rings. The highest BCUT2D eigenvalue weighted by molar-refractivity contribution is 6.99. The summed E-state index contributed by atoms with van der Waals surface area (Å²) in [4.78, 5) is 0. The van der Waals surface area contributed by atoms with Gasteiger partial charge in [-0.2, -0.15) is 8.75 Å². The van der Waals surface area contributed by atoms with E-state index in [9.17, 15) is 5.11 Å². The van der Waals surface area contributed by atoms with Gasteiger partial charge in [-0.3, -0.25) is 0 Å². The number of aliphatic hydroxyl groups is 1. The Kier molecular flexibility index (Phi) is 1.52. The van der Waals surface area contributed by atoms with E-state index in [2.05, 4.69) is 8.75 Å². The lowest BCUT2D eigenvalue weighted by molar-refractivity contribution is 0.142. The molecule has 0 aromatic carbocycles. The Morgan fingerprint density at radius 2 is 2.54 bits per heavy atom. The highest BCUT2D eigenvalue weighted by Gasteiger charge is 2.64. The zero-order valence-electron chi connectivity index (χ0n) is 7.31. The molecule has 2 saturated carbocycles. The summed E-state index contributed by atoms with van der Waals surface area (Å²) in [6, 6.07) is 0. The second-order valence-electron chi connectivity index (χ2n) is 4.34. The summed E-state index contributed by atoms with van der Waals surface area (Å²) in [7, 11) is 0. The van der Waals surface area contributed by atoms with Crippen LogP contribution in [0, 0.1) is 11.3 Å². The summed E-state index contributed by atoms with van der Waals surface area (Å²) < 4.78 is 8.03. The van der Waals surface area contributed by atoms with E-state index in [0.29, 0.717) is 17.8 Å². The Morgan fingerprint density at radius 3 is 3.08 bits per heavy atom. The van der Waals surface area contributed by atoms with E-state index in [4.69, 9.17) is 0 Å². The fraction of sp³-hybridized carbons (Fsp3) is 0.778. The number of hydrogen-bond acceptors (Lipinski definition) is 4. The van der Waals surface area contributed by atoms with Gasteiger partial charge >= 0.3 is 0 Å². The molecule has 3 rings (SSSR count). The van der Waals surface area contributed by atoms with Gasteiger partial charge in [-0.15, -0.1) is 0 Å². The van der Waals surface area contributed by atoms with Crippen LogP contribution in [0.3, 0.4) is 0 Å². The minimum atomic E-state index is -0.175. The zero-order chi connectivity index (χ0) is 8.89. The van der Waals surface area contributed by atoms with Gasteiger partial charge in [0.25, 0.3) is 0 Å². The second-order valence-corrected chi connectivity index (χ2v) is 4.90. The molecule has 2 aliphatic rings. The summed E-state index contributed by atoms with van der Waals surface area (Å²) in [6.45, 7) is 0. The van der Waals surface area contributed by atoms with Crippen molar-refractivity contribution in [2.75, 3.05) is 0 Å². The monoisotopic (exact) mass is 196 g/mol. The van der Waals surface area contributed by atoms with Gasteiger partial charge in [0.05, 0.1) is 29.7 Å². The van der Waals surface area contributed by atoms with Crippen LogP contribution in [0.2, 0.25) is 0 Å². The van der Waals surface area contributed by atoms with Gasteiger partial charge in [0.15, 0.2) is 0 Å². The van der Waals surface area contributed by atoms with Crippen molar-refractivity contribution >= 4 is 11.7 Å². The minimum Gasteiger partial charge on any atom is -0.392 e. The van der Waals surface area contributed by atoms with Crippen molar-refractivity contribution in [2.24, 2.45) is 11.3 Å². The van der Waals surface area contributed by atoms with Gasteiger partial charge in [-0.25, -0.2) is 0 Å². The van der Waals surface area contributed by atoms with Crippen molar-refractivity contribution in [1.82, 2.24) is 8.75 Å². The molecule has 1 spiro atoms. The topological polar surface area (TPSA) is 46.0 Å². The highest BCUT2D eigenvalue weighted by atomic mass is 32.1. The predicted molar refractivity (Wildman–Crippen MR) is 49.4 cm³/mol. The third-order valence-electron chi connectivity index (χ3n) is 3.43. The number of nitrogens with zero attached hydrogens (tertiary/aromatic N) is 2. The normalized spacial score (nSPS) is 30.4. The van der Waals surface area contributed by atoms with E-state index < -0.39 is 0 Å². The van der Waals surface area contributed by atoms with Crippen LogP contribution in [0.5, 0.6) is 0 Å². The molecule has 0 saturated heterocycles. The fourth-order valence-electron chi connectivity index (χ4n) is 2.29. The number of hydrogen-bond donors (Lipinski definition) is 1. The third-order valence-corrected chi connectivity index (χ3v) is 3.95. The molecule has 1 heterocycles. The molecule has 4 heteroatoms. The Labute approximate surface area is 81.1 Å². The maximum absolute atomic E-state index is 9.87. The maximum Gasteiger partial charge on any atom is 0.0768 e. The molecule has 13 heavy (non-hydrogen) atoms. The van der Waals surface area contributed by atoms with E-state index >= 15 is 0 Å². The molecular formula is C9H12N2OS. The van der Waals surface area contributed by atoms with E-state index in [-0.39, 0.29) is 6.10 Å². The van der Waals surface area contributed by atoms with E-state index in [1.165, 1.54) is 31.0 Å². The van der Waals surface area contributed by atoms with Gasteiger partial charge in [0.2, 0.25) is 0 Å². The largest absolute Gasteiger partial charge is 0.392 e. The van der Waals surface area contributed by atoms with Crippen LogP contribution in [0.1, 0.15) is 25.0 Å². The highest BCUT2D eigenvalue weighted by Crippen LogP contribution is 2.71. The van der Waals surface area contributed by atoms with E-state index in [1.807, 2.05) is 0 Å². The summed E-state index contributed by atoms with van der Waals surface area (Å²) in [5, 5.41) is 9.87. The van der Waals surface area contributed by atoms with E-state index in [1.54, 1.807) is 6.20 Å². The number of aliphatic hydroxyl groups excluding tert-OH is 1. The maximum atomic E-state index is 9.87. The molecule has 2 aliphatic carbocycles. The molecule has 2 unspecified atom stereocenters. The van der Waals surface area contributed by atoms with Gasteiger partial charge in [0, 0.05) is 6.42 Å². The quantitative estimate of drug-likeness (QED) is 0.791. The molecule has 70 valence electrons. The van der Waals surface area contributed by atoms with Crippen LogP contribution < -0.4 is 0 Å². The molecule has 0 aliphatic heterocycles. The number of aromatic nitrogens is 2. The molecule has 1 aromatic rings. The Morgan fingerprint density at radius 1 is 1.69 bits per heavy atom. The van der Waals surface area contributed by atoms with Crippen molar-refractivity contribution < 1.29 is 5.11 Å². The van der Waals surface area contributed by atoms with Crippen LogP contribution in [0.15, 0.2) is 6.20 Å². The van der Waals surface area contributed by atoms with Crippen LogP contribution in [0.25, 0.3) is 0 Å². The van der Waals surface area contributed by atoms with Crippen molar-refractivity contribution in [2.45, 2.75) is 31.8 Å². The first-order valence-corrected chi connectivity index (χ1v) is 5.48. The SMILES string of the molecule is OC(Cc1cnsn1)C1CC12CC2.